The summed E-state index contributed by atoms with van der Waals surface area (Å²) in [6.45, 7) is 11.0. The van der Waals surface area contributed by atoms with E-state index in [0.717, 1.165) is 0 Å². The lowest BCUT2D eigenvalue weighted by molar-refractivity contribution is 0.147. The predicted octanol–water partition coefficient (Wildman–Crippen LogP) is 7.17. The smallest absolute Gasteiger partial charge is 0.118 e. The molecule has 1 aliphatic heterocycles. The monoisotopic (exact) mass is 419 g/mol. The number of rotatable bonds is 15. The molecule has 3 heteroatoms. The normalized spacial score (nSPS) is 17.6. The number of nitrogens with zero attached hydrogens (tertiary/aromatic N) is 2. The quantitative estimate of drug-likeness (QED) is 0.220. The van der Waals surface area contributed by atoms with Gasteiger partial charge in [0.15, 0.2) is 0 Å². The molecule has 0 aromatic heterocycles. The van der Waals surface area contributed by atoms with Crippen LogP contribution in [0.3, 0.4) is 0 Å². The first-order chi connectivity index (χ1) is 14.2. The summed E-state index contributed by atoms with van der Waals surface area (Å²) in [6.07, 6.45) is 19.4. The average Bonchev–Trinajstić information content (AvgIpc) is 2.73. The van der Waals surface area contributed by atoms with Crippen LogP contribution in [0, 0.1) is 0 Å². The summed E-state index contributed by atoms with van der Waals surface area (Å²) in [4.78, 5) is 5.59. The van der Waals surface area contributed by atoms with Crippen LogP contribution in [-0.4, -0.2) is 48.8 Å². The van der Waals surface area contributed by atoms with E-state index in [1.165, 1.54) is 109 Å². The summed E-state index contributed by atoms with van der Waals surface area (Å²) in [6, 6.07) is 11.4. The Hall–Kier alpha value is -0.430. The molecule has 1 heterocycles. The second-order valence-corrected chi connectivity index (χ2v) is 13.4. The zero-order valence-electron chi connectivity index (χ0n) is 19.7. The molecular weight excluding hydrogens is 371 g/mol. The van der Waals surface area contributed by atoms with Gasteiger partial charge in [0.1, 0.15) is 12.6 Å². The Morgan fingerprint density at radius 3 is 1.59 bits per heavy atom. The maximum Gasteiger partial charge on any atom is 0.118 e. The number of hydrogen-bond acceptors (Lipinski definition) is 2. The summed E-state index contributed by atoms with van der Waals surface area (Å²) in [7, 11) is -1.11. The third kappa shape index (κ3) is 9.50. The van der Waals surface area contributed by atoms with Crippen molar-refractivity contribution in [1.82, 2.24) is 9.80 Å². The van der Waals surface area contributed by atoms with Crippen molar-refractivity contribution in [2.45, 2.75) is 90.9 Å². The third-order valence-electron chi connectivity index (χ3n) is 6.46. The van der Waals surface area contributed by atoms with Crippen LogP contribution in [0.2, 0.25) is 0 Å². The third-order valence-corrected chi connectivity index (χ3v) is 10.1. The van der Waals surface area contributed by atoms with E-state index in [1.807, 2.05) is 0 Å². The van der Waals surface area contributed by atoms with Gasteiger partial charge in [-0.25, -0.2) is 0 Å². The predicted molar refractivity (Wildman–Crippen MR) is 134 cm³/mol. The van der Waals surface area contributed by atoms with Crippen molar-refractivity contribution in [1.29, 1.82) is 0 Å². The Morgan fingerprint density at radius 2 is 1.10 bits per heavy atom. The number of benzene rings is 1. The molecule has 0 unspecified atom stereocenters. The maximum absolute atomic E-state index is 2.79. The van der Waals surface area contributed by atoms with Gasteiger partial charge in [0.2, 0.25) is 0 Å². The Balaban J connectivity index is 1.85. The fourth-order valence-corrected chi connectivity index (χ4v) is 8.30. The van der Waals surface area contributed by atoms with Crippen LogP contribution in [0.5, 0.6) is 0 Å². The molecule has 166 valence electrons. The van der Waals surface area contributed by atoms with E-state index in [4.69, 9.17) is 0 Å². The van der Waals surface area contributed by atoms with E-state index < -0.39 is 7.26 Å². The summed E-state index contributed by atoms with van der Waals surface area (Å²) >= 11 is 0. The van der Waals surface area contributed by atoms with E-state index in [2.05, 4.69) is 60.6 Å². The topological polar surface area (TPSA) is 6.48 Å². The van der Waals surface area contributed by atoms with Crippen molar-refractivity contribution in [3.05, 3.63) is 30.3 Å². The molecule has 1 fully saturated rings. The largest absolute Gasteiger partial charge is 0.258 e. The van der Waals surface area contributed by atoms with Crippen molar-refractivity contribution in [2.24, 2.45) is 0 Å². The molecule has 1 aromatic carbocycles. The number of unbranched alkanes of at least 4 members (excludes halogenated alkanes) is 10. The van der Waals surface area contributed by atoms with E-state index in [1.54, 1.807) is 5.30 Å². The van der Waals surface area contributed by atoms with Gasteiger partial charge in [-0.3, -0.25) is 9.80 Å². The molecular formula is C26H48N2P+. The van der Waals surface area contributed by atoms with Crippen LogP contribution in [0.15, 0.2) is 30.3 Å². The molecule has 1 aliphatic rings. The summed E-state index contributed by atoms with van der Waals surface area (Å²) < 4.78 is 0. The van der Waals surface area contributed by atoms with Crippen molar-refractivity contribution in [3.63, 3.8) is 0 Å². The van der Waals surface area contributed by atoms with E-state index in [-0.39, 0.29) is 0 Å². The van der Waals surface area contributed by atoms with Gasteiger partial charge in [0.25, 0.3) is 0 Å². The Labute approximate surface area is 182 Å². The van der Waals surface area contributed by atoms with Gasteiger partial charge >= 0.3 is 0 Å². The SMILES string of the molecule is CCCCCCCCN1CN(CCCCCCCC)C[P+](C)(c2ccccc2)C1. The van der Waals surface area contributed by atoms with Gasteiger partial charge in [0.05, 0.1) is 25.9 Å². The van der Waals surface area contributed by atoms with Crippen molar-refractivity contribution >= 4 is 12.6 Å². The van der Waals surface area contributed by atoms with Gasteiger partial charge in [-0.1, -0.05) is 96.3 Å². The fourth-order valence-electron chi connectivity index (χ4n) is 4.77. The fraction of sp³-hybridized carbons (Fsp3) is 0.769. The highest BCUT2D eigenvalue weighted by molar-refractivity contribution is 7.82. The van der Waals surface area contributed by atoms with Crippen LogP contribution < -0.4 is 5.30 Å². The lowest BCUT2D eigenvalue weighted by Gasteiger charge is -2.41. The van der Waals surface area contributed by atoms with Crippen LogP contribution in [0.25, 0.3) is 0 Å². The van der Waals surface area contributed by atoms with E-state index in [0.29, 0.717) is 0 Å². The second kappa shape index (κ2) is 14.6. The first-order valence-corrected chi connectivity index (χ1v) is 15.1. The van der Waals surface area contributed by atoms with E-state index >= 15 is 0 Å². The minimum atomic E-state index is -1.11. The van der Waals surface area contributed by atoms with Crippen LogP contribution in [0.1, 0.15) is 90.9 Å². The molecule has 0 radical (unpaired) electrons. The first kappa shape index (κ1) is 24.8. The zero-order valence-corrected chi connectivity index (χ0v) is 20.6. The number of hydrogen-bond donors (Lipinski definition) is 0. The van der Waals surface area contributed by atoms with Gasteiger partial charge in [-0.05, 0) is 25.0 Å². The average molecular weight is 420 g/mol. The molecule has 29 heavy (non-hydrogen) atoms. The van der Waals surface area contributed by atoms with Crippen molar-refractivity contribution < 1.29 is 0 Å². The highest BCUT2D eigenvalue weighted by Gasteiger charge is 2.42. The molecule has 0 spiro atoms. The summed E-state index contributed by atoms with van der Waals surface area (Å²) in [5.74, 6) is 0. The Bertz CT molecular complexity index is 495. The molecule has 1 saturated heterocycles. The minimum Gasteiger partial charge on any atom is -0.258 e. The van der Waals surface area contributed by atoms with Gasteiger partial charge in [0, 0.05) is 13.1 Å². The second-order valence-electron chi connectivity index (χ2n) is 9.48. The Kier molecular flexibility index (Phi) is 12.5. The van der Waals surface area contributed by atoms with Crippen molar-refractivity contribution in [2.75, 3.05) is 39.0 Å². The Morgan fingerprint density at radius 1 is 0.655 bits per heavy atom. The van der Waals surface area contributed by atoms with Crippen LogP contribution >= 0.6 is 7.26 Å². The molecule has 0 saturated carbocycles. The molecule has 1 aromatic rings. The minimum absolute atomic E-state index is 1.11. The zero-order chi connectivity index (χ0) is 20.8. The summed E-state index contributed by atoms with van der Waals surface area (Å²) in [5.41, 5.74) is 0. The van der Waals surface area contributed by atoms with Gasteiger partial charge < -0.3 is 0 Å². The molecule has 0 bridgehead atoms. The van der Waals surface area contributed by atoms with Gasteiger partial charge in [-0.2, -0.15) is 0 Å². The van der Waals surface area contributed by atoms with Crippen LogP contribution in [0.4, 0.5) is 0 Å². The lowest BCUT2D eigenvalue weighted by atomic mass is 10.1. The molecule has 0 atom stereocenters. The molecule has 0 N–H and O–H groups in total. The highest BCUT2D eigenvalue weighted by atomic mass is 31.2. The summed E-state index contributed by atoms with van der Waals surface area (Å²) in [5, 5.41) is 1.63. The molecule has 0 aliphatic carbocycles. The highest BCUT2D eigenvalue weighted by Crippen LogP contribution is 2.56. The van der Waals surface area contributed by atoms with E-state index in [9.17, 15) is 0 Å². The lowest BCUT2D eigenvalue weighted by Crippen LogP contribution is -2.48. The molecule has 2 rings (SSSR count). The molecule has 2 nitrogen and oxygen atoms in total. The standard InChI is InChI=1S/C26H48N2P/c1-4-6-8-10-12-17-21-27-23-28(22-18-13-11-9-7-5-2)25-29(3,24-27)26-19-15-14-16-20-26/h14-16,19-20H,4-13,17-18,21-25H2,1-3H3/q+1. The first-order valence-electron chi connectivity index (χ1n) is 12.5. The van der Waals surface area contributed by atoms with Crippen LogP contribution in [-0.2, 0) is 0 Å². The maximum atomic E-state index is 2.79. The van der Waals surface area contributed by atoms with Gasteiger partial charge in [-0.15, -0.1) is 0 Å². The van der Waals surface area contributed by atoms with Crippen molar-refractivity contribution in [3.8, 4) is 0 Å². The molecule has 0 amide bonds.